The second-order valence-corrected chi connectivity index (χ2v) is 5.97. The number of hydrogen-bond donors (Lipinski definition) is 2. The maximum absolute atomic E-state index is 13.2. The van der Waals surface area contributed by atoms with Crippen LogP contribution in [-0.2, 0) is 4.79 Å². The summed E-state index contributed by atoms with van der Waals surface area (Å²) in [4.78, 5) is 12.2. The van der Waals surface area contributed by atoms with Crippen LogP contribution in [0.25, 0.3) is 0 Å². The molecule has 0 bridgehead atoms. The van der Waals surface area contributed by atoms with E-state index in [4.69, 9.17) is 0 Å². The minimum Gasteiger partial charge on any atom is -0.386 e. The fourth-order valence-corrected chi connectivity index (χ4v) is 2.84. The van der Waals surface area contributed by atoms with E-state index in [2.05, 4.69) is 5.32 Å². The van der Waals surface area contributed by atoms with Crippen LogP contribution < -0.4 is 5.32 Å². The molecule has 2 N–H and O–H groups in total. The molecule has 0 spiro atoms. The van der Waals surface area contributed by atoms with Gasteiger partial charge >= 0.3 is 0 Å². The molecule has 3 unspecified atom stereocenters. The largest absolute Gasteiger partial charge is 0.386 e. The average Bonchev–Trinajstić information content (AvgIpc) is 3.02. The third-order valence-corrected chi connectivity index (χ3v) is 4.27. The van der Waals surface area contributed by atoms with E-state index in [1.165, 1.54) is 17.4 Å². The zero-order valence-corrected chi connectivity index (χ0v) is 13.0. The molecule has 1 amide bonds. The second-order valence-electron chi connectivity index (χ2n) is 5.19. The van der Waals surface area contributed by atoms with Gasteiger partial charge in [0.1, 0.15) is 0 Å². The molecule has 22 heavy (non-hydrogen) atoms. The number of nitrogens with one attached hydrogen (secondary N) is 1. The molecule has 2 rings (SSSR count). The van der Waals surface area contributed by atoms with Crippen molar-refractivity contribution in [3.05, 3.63) is 57.8 Å². The minimum absolute atomic E-state index is 0.217. The summed E-state index contributed by atoms with van der Waals surface area (Å²) in [6.07, 6.45) is -1.12. The minimum atomic E-state index is -1.12. The first-order valence-corrected chi connectivity index (χ1v) is 7.80. The molecule has 1 heterocycles. The Balaban J connectivity index is 2.03. The van der Waals surface area contributed by atoms with Crippen molar-refractivity contribution in [1.29, 1.82) is 0 Å². The highest BCUT2D eigenvalue weighted by Crippen LogP contribution is 2.22. The first kappa shape index (κ1) is 16.6. The van der Waals surface area contributed by atoms with Gasteiger partial charge in [-0.1, -0.05) is 6.07 Å². The number of amides is 1. The van der Waals surface area contributed by atoms with E-state index < -0.39 is 23.8 Å². The van der Waals surface area contributed by atoms with Crippen molar-refractivity contribution in [2.24, 2.45) is 0 Å². The molecule has 2 aromatic rings. The highest BCUT2D eigenvalue weighted by Gasteiger charge is 2.23. The van der Waals surface area contributed by atoms with Crippen LogP contribution in [0.1, 0.15) is 37.0 Å². The van der Waals surface area contributed by atoms with Gasteiger partial charge < -0.3 is 10.4 Å². The smallest absolute Gasteiger partial charge is 0.227 e. The van der Waals surface area contributed by atoms with E-state index in [0.717, 1.165) is 17.7 Å². The molecule has 1 aromatic carbocycles. The molecule has 0 radical (unpaired) electrons. The van der Waals surface area contributed by atoms with E-state index in [1.54, 1.807) is 13.8 Å². The van der Waals surface area contributed by atoms with Crippen LogP contribution in [0.5, 0.6) is 0 Å². The Bertz CT molecular complexity index is 646. The zero-order valence-electron chi connectivity index (χ0n) is 12.2. The quantitative estimate of drug-likeness (QED) is 0.885. The number of halogens is 2. The predicted molar refractivity (Wildman–Crippen MR) is 81.7 cm³/mol. The molecule has 3 atom stereocenters. The molecule has 6 heteroatoms. The molecular weight excluding hydrogens is 308 g/mol. The summed E-state index contributed by atoms with van der Waals surface area (Å²) in [7, 11) is 0. The third kappa shape index (κ3) is 3.69. The fourth-order valence-electron chi connectivity index (χ4n) is 2.09. The molecule has 118 valence electrons. The summed E-state index contributed by atoms with van der Waals surface area (Å²) in [5.41, 5.74) is 1.12. The van der Waals surface area contributed by atoms with Gasteiger partial charge in [-0.2, -0.15) is 11.3 Å². The molecule has 0 aliphatic carbocycles. The number of hydrogen-bond acceptors (Lipinski definition) is 3. The van der Waals surface area contributed by atoms with Gasteiger partial charge in [0.2, 0.25) is 5.91 Å². The van der Waals surface area contributed by atoms with Crippen molar-refractivity contribution in [1.82, 2.24) is 5.32 Å². The van der Waals surface area contributed by atoms with E-state index >= 15 is 0 Å². The van der Waals surface area contributed by atoms with Crippen molar-refractivity contribution < 1.29 is 18.7 Å². The first-order chi connectivity index (χ1) is 10.4. The third-order valence-electron chi connectivity index (χ3n) is 3.57. The van der Waals surface area contributed by atoms with Gasteiger partial charge in [0.25, 0.3) is 0 Å². The fraction of sp³-hybridized carbons (Fsp3) is 0.312. The van der Waals surface area contributed by atoms with Gasteiger partial charge in [-0.05, 0) is 53.9 Å². The number of benzene rings is 1. The van der Waals surface area contributed by atoms with Crippen LogP contribution in [0.2, 0.25) is 0 Å². The zero-order chi connectivity index (χ0) is 16.3. The van der Waals surface area contributed by atoms with Gasteiger partial charge in [0.15, 0.2) is 11.6 Å². The highest BCUT2D eigenvalue weighted by atomic mass is 32.1. The Labute approximate surface area is 131 Å². The predicted octanol–water partition coefficient (Wildman–Crippen LogP) is 3.37. The Morgan fingerprint density at radius 3 is 2.50 bits per heavy atom. The van der Waals surface area contributed by atoms with E-state index in [0.29, 0.717) is 0 Å². The van der Waals surface area contributed by atoms with Gasteiger partial charge in [-0.25, -0.2) is 8.78 Å². The lowest BCUT2D eigenvalue weighted by atomic mass is 10.0. The maximum atomic E-state index is 13.2. The van der Waals surface area contributed by atoms with Crippen molar-refractivity contribution in [3.8, 4) is 0 Å². The second kappa shape index (κ2) is 6.98. The van der Waals surface area contributed by atoms with Gasteiger partial charge in [-0.15, -0.1) is 0 Å². The number of carbonyl (C=O) groups is 1. The van der Waals surface area contributed by atoms with Crippen molar-refractivity contribution in [2.45, 2.75) is 31.9 Å². The molecule has 0 saturated carbocycles. The lowest BCUT2D eigenvalue weighted by Crippen LogP contribution is -2.39. The van der Waals surface area contributed by atoms with Crippen LogP contribution in [0.3, 0.4) is 0 Å². The molecule has 1 aromatic heterocycles. The van der Waals surface area contributed by atoms with Crippen LogP contribution in [0.4, 0.5) is 8.78 Å². The summed E-state index contributed by atoms with van der Waals surface area (Å²) >= 11 is 1.50. The summed E-state index contributed by atoms with van der Waals surface area (Å²) < 4.78 is 26.1. The van der Waals surface area contributed by atoms with E-state index in [1.807, 2.05) is 16.8 Å². The molecule has 0 fully saturated rings. The Kier molecular flexibility index (Phi) is 5.26. The Morgan fingerprint density at radius 1 is 1.18 bits per heavy atom. The van der Waals surface area contributed by atoms with Gasteiger partial charge in [0, 0.05) is 0 Å². The van der Waals surface area contributed by atoms with Crippen LogP contribution >= 0.6 is 11.3 Å². The monoisotopic (exact) mass is 325 g/mol. The number of carbonyl (C=O) groups excluding carboxylic acids is 1. The number of aliphatic hydroxyl groups is 1. The lowest BCUT2D eigenvalue weighted by molar-refractivity contribution is -0.123. The SMILES string of the molecule is CC(C(=O)NC(C)C(O)c1ccc(F)c(F)c1)c1ccsc1. The molecule has 3 nitrogen and oxygen atoms in total. The standard InChI is InChI=1S/C16H17F2NO2S/c1-9(12-5-6-22-8-12)16(21)19-10(2)15(20)11-3-4-13(17)14(18)7-11/h3-10,15,20H,1-2H3,(H,19,21). The molecular formula is C16H17F2NO2S. The topological polar surface area (TPSA) is 49.3 Å². The van der Waals surface area contributed by atoms with Crippen molar-refractivity contribution >= 4 is 17.2 Å². The Morgan fingerprint density at radius 2 is 1.91 bits per heavy atom. The normalized spacial score (nSPS) is 15.1. The lowest BCUT2D eigenvalue weighted by Gasteiger charge is -2.22. The molecule has 0 saturated heterocycles. The van der Waals surface area contributed by atoms with Gasteiger partial charge in [0.05, 0.1) is 18.1 Å². The average molecular weight is 325 g/mol. The maximum Gasteiger partial charge on any atom is 0.227 e. The number of rotatable bonds is 5. The summed E-state index contributed by atoms with van der Waals surface area (Å²) in [5, 5.41) is 16.6. The highest BCUT2D eigenvalue weighted by molar-refractivity contribution is 7.08. The van der Waals surface area contributed by atoms with Crippen LogP contribution in [-0.4, -0.2) is 17.1 Å². The molecule has 0 aliphatic heterocycles. The van der Waals surface area contributed by atoms with E-state index in [-0.39, 0.29) is 17.4 Å². The summed E-state index contributed by atoms with van der Waals surface area (Å²) in [6, 6.07) is 4.43. The van der Waals surface area contributed by atoms with Gasteiger partial charge in [-0.3, -0.25) is 4.79 Å². The molecule has 0 aliphatic rings. The summed E-state index contributed by atoms with van der Waals surface area (Å²) in [6.45, 7) is 3.39. The first-order valence-electron chi connectivity index (χ1n) is 6.85. The van der Waals surface area contributed by atoms with Crippen LogP contribution in [0.15, 0.2) is 35.0 Å². The van der Waals surface area contributed by atoms with Crippen LogP contribution in [0, 0.1) is 11.6 Å². The Hall–Kier alpha value is -1.79. The van der Waals surface area contributed by atoms with Crippen molar-refractivity contribution in [2.75, 3.05) is 0 Å². The van der Waals surface area contributed by atoms with Crippen molar-refractivity contribution in [3.63, 3.8) is 0 Å². The number of thiophene rings is 1. The van der Waals surface area contributed by atoms with E-state index in [9.17, 15) is 18.7 Å². The number of aliphatic hydroxyl groups excluding tert-OH is 1. The summed E-state index contributed by atoms with van der Waals surface area (Å²) in [5.74, 6) is -2.57.